The quantitative estimate of drug-likeness (QED) is 0.614. The molecule has 10 heteroatoms. The lowest BCUT2D eigenvalue weighted by Crippen LogP contribution is -2.48. The molecule has 1 amide bonds. The van der Waals surface area contributed by atoms with Crippen LogP contribution in [0.5, 0.6) is 0 Å². The zero-order valence-corrected chi connectivity index (χ0v) is 19.5. The van der Waals surface area contributed by atoms with Gasteiger partial charge in [-0.3, -0.25) is 4.79 Å². The highest BCUT2D eigenvalue weighted by Crippen LogP contribution is 2.22. The molecule has 0 aliphatic carbocycles. The molecule has 0 aromatic heterocycles. The molecule has 1 aliphatic rings. The Hall–Kier alpha value is -2.82. The molecule has 33 heavy (non-hydrogen) atoms. The third kappa shape index (κ3) is 6.37. The molecule has 8 nitrogen and oxygen atoms in total. The van der Waals surface area contributed by atoms with Crippen LogP contribution in [0.2, 0.25) is 0 Å². The second-order valence-electron chi connectivity index (χ2n) is 8.04. The van der Waals surface area contributed by atoms with E-state index >= 15 is 0 Å². The summed E-state index contributed by atoms with van der Waals surface area (Å²) in [5.41, 5.74) is 1.09. The van der Waals surface area contributed by atoms with Crippen LogP contribution in [0.3, 0.4) is 0 Å². The number of aryl methyl sites for hydroxylation is 1. The Morgan fingerprint density at radius 2 is 1.85 bits per heavy atom. The fraction of sp³-hybridized carbons (Fsp3) is 0.391. The SMILES string of the molecule is Cc1ccc(CNC(=O)COC(=O)c2cccc(S(=O)(=O)N3CC(C)OC(C)C3)c2)cc1F. The average Bonchev–Trinajstić information content (AvgIpc) is 2.77. The number of ether oxygens (including phenoxy) is 2. The van der Waals surface area contributed by atoms with Crippen molar-refractivity contribution in [3.8, 4) is 0 Å². The standard InChI is InChI=1S/C23H27FN2O6S/c1-15-7-8-18(9-21(15)24)11-25-22(27)14-31-23(28)19-5-4-6-20(10-19)33(29,30)26-12-16(2)32-17(3)13-26/h4-10,16-17H,11-14H2,1-3H3,(H,25,27). The second kappa shape index (κ2) is 10.4. The van der Waals surface area contributed by atoms with Crippen molar-refractivity contribution in [2.45, 2.75) is 44.4 Å². The number of carbonyl (C=O) groups excluding carboxylic acids is 2. The number of rotatable bonds is 7. The molecule has 1 heterocycles. The number of hydrogen-bond acceptors (Lipinski definition) is 6. The highest BCUT2D eigenvalue weighted by molar-refractivity contribution is 7.89. The van der Waals surface area contributed by atoms with Crippen LogP contribution in [-0.2, 0) is 30.8 Å². The van der Waals surface area contributed by atoms with Gasteiger partial charge in [0.1, 0.15) is 5.82 Å². The van der Waals surface area contributed by atoms with Gasteiger partial charge in [0, 0.05) is 19.6 Å². The molecule has 2 unspecified atom stereocenters. The van der Waals surface area contributed by atoms with Crippen molar-refractivity contribution in [1.82, 2.24) is 9.62 Å². The number of nitrogens with zero attached hydrogens (tertiary/aromatic N) is 1. The Morgan fingerprint density at radius 3 is 2.52 bits per heavy atom. The van der Waals surface area contributed by atoms with Crippen molar-refractivity contribution in [3.63, 3.8) is 0 Å². The van der Waals surface area contributed by atoms with Gasteiger partial charge in [-0.25, -0.2) is 17.6 Å². The maximum absolute atomic E-state index is 13.6. The molecule has 0 radical (unpaired) electrons. The van der Waals surface area contributed by atoms with Gasteiger partial charge in [0.05, 0.1) is 22.7 Å². The predicted octanol–water partition coefficient (Wildman–Crippen LogP) is 2.41. The zero-order chi connectivity index (χ0) is 24.2. The van der Waals surface area contributed by atoms with E-state index in [4.69, 9.17) is 9.47 Å². The van der Waals surface area contributed by atoms with Crippen LogP contribution in [0.1, 0.15) is 35.3 Å². The maximum Gasteiger partial charge on any atom is 0.338 e. The van der Waals surface area contributed by atoms with Gasteiger partial charge in [-0.05, 0) is 56.2 Å². The molecule has 1 saturated heterocycles. The minimum Gasteiger partial charge on any atom is -0.452 e. The minimum absolute atomic E-state index is 0.0128. The van der Waals surface area contributed by atoms with Gasteiger partial charge in [-0.15, -0.1) is 0 Å². The Kier molecular flexibility index (Phi) is 7.83. The van der Waals surface area contributed by atoms with Crippen molar-refractivity contribution in [1.29, 1.82) is 0 Å². The fourth-order valence-electron chi connectivity index (χ4n) is 3.47. The van der Waals surface area contributed by atoms with E-state index in [2.05, 4.69) is 5.32 Å². The molecular weight excluding hydrogens is 451 g/mol. The van der Waals surface area contributed by atoms with Crippen molar-refractivity contribution in [2.24, 2.45) is 0 Å². The number of hydrogen-bond donors (Lipinski definition) is 1. The lowest BCUT2D eigenvalue weighted by atomic mass is 10.1. The molecule has 178 valence electrons. The number of sulfonamides is 1. The van der Waals surface area contributed by atoms with Crippen molar-refractivity contribution < 1.29 is 31.9 Å². The van der Waals surface area contributed by atoms with Crippen molar-refractivity contribution >= 4 is 21.9 Å². The maximum atomic E-state index is 13.6. The summed E-state index contributed by atoms with van der Waals surface area (Å²) in [6, 6.07) is 10.1. The van der Waals surface area contributed by atoms with Crippen LogP contribution in [0, 0.1) is 12.7 Å². The third-order valence-electron chi connectivity index (χ3n) is 5.15. The van der Waals surface area contributed by atoms with Crippen molar-refractivity contribution in [2.75, 3.05) is 19.7 Å². The summed E-state index contributed by atoms with van der Waals surface area (Å²) in [6.45, 7) is 5.19. The molecule has 2 aromatic rings. The molecule has 1 aliphatic heterocycles. The minimum atomic E-state index is -3.83. The van der Waals surface area contributed by atoms with Gasteiger partial charge in [-0.1, -0.05) is 18.2 Å². The lowest BCUT2D eigenvalue weighted by molar-refractivity contribution is -0.124. The summed E-state index contributed by atoms with van der Waals surface area (Å²) in [5.74, 6) is -1.76. The average molecular weight is 479 g/mol. The molecule has 1 fully saturated rings. The van der Waals surface area contributed by atoms with Gasteiger partial charge in [0.2, 0.25) is 10.0 Å². The molecule has 1 N–H and O–H groups in total. The summed E-state index contributed by atoms with van der Waals surface area (Å²) in [7, 11) is -3.83. The largest absolute Gasteiger partial charge is 0.452 e. The summed E-state index contributed by atoms with van der Waals surface area (Å²) in [6.07, 6.45) is -0.488. The van der Waals surface area contributed by atoms with Crippen LogP contribution in [0.15, 0.2) is 47.4 Å². The summed E-state index contributed by atoms with van der Waals surface area (Å²) >= 11 is 0. The van der Waals surface area contributed by atoms with E-state index in [1.54, 1.807) is 32.9 Å². The first-order chi connectivity index (χ1) is 15.6. The van der Waals surface area contributed by atoms with E-state index in [9.17, 15) is 22.4 Å². The first kappa shape index (κ1) is 24.8. The predicted molar refractivity (Wildman–Crippen MR) is 118 cm³/mol. The van der Waals surface area contributed by atoms with Crippen LogP contribution in [-0.4, -0.2) is 56.5 Å². The smallest absolute Gasteiger partial charge is 0.338 e. The van der Waals surface area contributed by atoms with Gasteiger partial charge in [-0.2, -0.15) is 4.31 Å². The highest BCUT2D eigenvalue weighted by atomic mass is 32.2. The summed E-state index contributed by atoms with van der Waals surface area (Å²) in [4.78, 5) is 24.3. The van der Waals surface area contributed by atoms with Crippen LogP contribution < -0.4 is 5.32 Å². The first-order valence-corrected chi connectivity index (χ1v) is 11.9. The van der Waals surface area contributed by atoms with E-state index in [0.29, 0.717) is 11.1 Å². The Labute approximate surface area is 192 Å². The van der Waals surface area contributed by atoms with Crippen molar-refractivity contribution in [3.05, 3.63) is 65.0 Å². The fourth-order valence-corrected chi connectivity index (χ4v) is 5.11. The topological polar surface area (TPSA) is 102 Å². The molecular formula is C23H27FN2O6S. The Bertz CT molecular complexity index is 1130. The summed E-state index contributed by atoms with van der Waals surface area (Å²) in [5, 5.41) is 2.54. The van der Waals surface area contributed by atoms with Gasteiger partial charge >= 0.3 is 5.97 Å². The van der Waals surface area contributed by atoms with E-state index in [1.807, 2.05) is 0 Å². The summed E-state index contributed by atoms with van der Waals surface area (Å²) < 4.78 is 51.5. The number of halogens is 1. The molecule has 2 aromatic carbocycles. The number of amides is 1. The molecule has 0 saturated carbocycles. The van der Waals surface area contributed by atoms with Crippen LogP contribution in [0.4, 0.5) is 4.39 Å². The monoisotopic (exact) mass is 478 g/mol. The zero-order valence-electron chi connectivity index (χ0n) is 18.7. The second-order valence-corrected chi connectivity index (χ2v) is 9.98. The number of benzene rings is 2. The number of carbonyl (C=O) groups is 2. The lowest BCUT2D eigenvalue weighted by Gasteiger charge is -2.34. The van der Waals surface area contributed by atoms with E-state index in [1.165, 1.54) is 34.6 Å². The molecule has 0 spiro atoms. The first-order valence-electron chi connectivity index (χ1n) is 10.5. The van der Waals surface area contributed by atoms with Crippen LogP contribution >= 0.6 is 0 Å². The number of nitrogens with one attached hydrogen (secondary N) is 1. The Morgan fingerprint density at radius 1 is 1.15 bits per heavy atom. The van der Waals surface area contributed by atoms with E-state index < -0.39 is 28.5 Å². The van der Waals surface area contributed by atoms with Crippen LogP contribution in [0.25, 0.3) is 0 Å². The number of esters is 1. The van der Waals surface area contributed by atoms with Gasteiger partial charge in [0.15, 0.2) is 6.61 Å². The van der Waals surface area contributed by atoms with Gasteiger partial charge in [0.25, 0.3) is 5.91 Å². The Balaban J connectivity index is 1.58. The normalized spacial score (nSPS) is 19.2. The third-order valence-corrected chi connectivity index (χ3v) is 6.98. The molecule has 0 bridgehead atoms. The number of morpholine rings is 1. The van der Waals surface area contributed by atoms with E-state index in [0.717, 1.165) is 0 Å². The highest BCUT2D eigenvalue weighted by Gasteiger charge is 2.32. The van der Waals surface area contributed by atoms with Gasteiger partial charge < -0.3 is 14.8 Å². The molecule has 2 atom stereocenters. The molecule has 3 rings (SSSR count). The van der Waals surface area contributed by atoms with E-state index in [-0.39, 0.29) is 48.1 Å².